The summed E-state index contributed by atoms with van der Waals surface area (Å²) >= 11 is 1.72. The number of nitrogens with zero attached hydrogens (tertiary/aromatic N) is 2. The smallest absolute Gasteiger partial charge is 0.271 e. The zero-order chi connectivity index (χ0) is 17.6. The number of rotatable bonds is 4. The summed E-state index contributed by atoms with van der Waals surface area (Å²) in [4.78, 5) is 42.8. The van der Waals surface area contributed by atoms with E-state index in [1.54, 1.807) is 34.6 Å². The van der Waals surface area contributed by atoms with Crippen LogP contribution in [0, 0.1) is 0 Å². The topological polar surface area (TPSA) is 91.4 Å². The average Bonchev–Trinajstić information content (AvgIpc) is 3.12. The molecule has 25 heavy (non-hydrogen) atoms. The Labute approximate surface area is 149 Å². The molecule has 2 N–H and O–H groups in total. The molecule has 0 fully saturated rings. The minimum atomic E-state index is -0.450. The Kier molecular flexibility index (Phi) is 5.39. The monoisotopic (exact) mass is 358 g/mol. The van der Waals surface area contributed by atoms with Crippen molar-refractivity contribution in [3.8, 4) is 0 Å². The Morgan fingerprint density at radius 3 is 2.88 bits per heavy atom. The maximum absolute atomic E-state index is 12.2. The average molecular weight is 358 g/mol. The van der Waals surface area contributed by atoms with Gasteiger partial charge in [0.15, 0.2) is 0 Å². The first kappa shape index (κ1) is 17.1. The van der Waals surface area contributed by atoms with Gasteiger partial charge >= 0.3 is 0 Å². The Bertz CT molecular complexity index is 775. The second-order valence-electron chi connectivity index (χ2n) is 5.68. The van der Waals surface area contributed by atoms with Crippen LogP contribution < -0.4 is 10.9 Å². The van der Waals surface area contributed by atoms with Crippen molar-refractivity contribution >= 4 is 29.1 Å². The van der Waals surface area contributed by atoms with Gasteiger partial charge in [-0.15, -0.1) is 11.3 Å². The molecule has 0 saturated carbocycles. The second kappa shape index (κ2) is 7.89. The van der Waals surface area contributed by atoms with E-state index < -0.39 is 11.8 Å². The molecule has 2 aromatic heterocycles. The molecular formula is C17H18N4O3S. The predicted octanol–water partition coefficient (Wildman–Crippen LogP) is 1.27. The summed E-state index contributed by atoms with van der Waals surface area (Å²) in [6.45, 7) is 1.29. The number of amides is 3. The van der Waals surface area contributed by atoms with Crippen molar-refractivity contribution in [2.75, 3.05) is 6.54 Å². The number of aromatic nitrogens is 1. The molecule has 0 aromatic carbocycles. The van der Waals surface area contributed by atoms with Gasteiger partial charge in [-0.1, -0.05) is 0 Å². The highest BCUT2D eigenvalue weighted by molar-refractivity contribution is 7.10. The lowest BCUT2D eigenvalue weighted by Crippen LogP contribution is -2.42. The van der Waals surface area contributed by atoms with Gasteiger partial charge in [-0.25, -0.2) is 0 Å². The van der Waals surface area contributed by atoms with E-state index in [0.29, 0.717) is 18.7 Å². The van der Waals surface area contributed by atoms with E-state index >= 15 is 0 Å². The largest absolute Gasteiger partial charge is 0.338 e. The highest BCUT2D eigenvalue weighted by Gasteiger charge is 2.21. The van der Waals surface area contributed by atoms with E-state index in [1.165, 1.54) is 16.6 Å². The van der Waals surface area contributed by atoms with Crippen molar-refractivity contribution in [1.82, 2.24) is 20.7 Å². The van der Waals surface area contributed by atoms with Gasteiger partial charge in [-0.2, -0.15) is 0 Å². The molecule has 1 aliphatic heterocycles. The number of hydrogen-bond donors (Lipinski definition) is 2. The van der Waals surface area contributed by atoms with E-state index in [9.17, 15) is 14.4 Å². The van der Waals surface area contributed by atoms with Crippen LogP contribution in [0.4, 0.5) is 0 Å². The predicted molar refractivity (Wildman–Crippen MR) is 92.5 cm³/mol. The summed E-state index contributed by atoms with van der Waals surface area (Å²) in [6, 6.07) is 5.26. The fraction of sp³-hybridized carbons (Fsp3) is 0.294. The lowest BCUT2D eigenvalue weighted by molar-refractivity contribution is -0.134. The molecule has 1 aliphatic rings. The Balaban J connectivity index is 1.40. The molecule has 0 bridgehead atoms. The minimum Gasteiger partial charge on any atom is -0.338 e. The first-order valence-corrected chi connectivity index (χ1v) is 8.83. The summed E-state index contributed by atoms with van der Waals surface area (Å²) in [5.41, 5.74) is 6.16. The van der Waals surface area contributed by atoms with Gasteiger partial charge in [-0.05, 0) is 35.6 Å². The lowest BCUT2D eigenvalue weighted by atomic mass is 10.1. The molecule has 0 radical (unpaired) electrons. The molecule has 2 aromatic rings. The molecule has 130 valence electrons. The van der Waals surface area contributed by atoms with E-state index in [0.717, 1.165) is 6.42 Å². The highest BCUT2D eigenvalue weighted by atomic mass is 32.1. The number of pyridine rings is 1. The number of fused-ring (bicyclic) bond motifs is 1. The van der Waals surface area contributed by atoms with Crippen molar-refractivity contribution in [3.63, 3.8) is 0 Å². The number of hydrazine groups is 1. The molecule has 0 spiro atoms. The molecule has 3 heterocycles. The van der Waals surface area contributed by atoms with Gasteiger partial charge in [0.05, 0.1) is 5.56 Å². The van der Waals surface area contributed by atoms with Gasteiger partial charge in [-0.3, -0.25) is 30.2 Å². The molecule has 8 heteroatoms. The molecule has 3 amide bonds. The first-order chi connectivity index (χ1) is 12.1. The van der Waals surface area contributed by atoms with Gasteiger partial charge < -0.3 is 4.90 Å². The van der Waals surface area contributed by atoms with Gasteiger partial charge in [0.25, 0.3) is 5.91 Å². The number of nitrogens with one attached hydrogen (secondary N) is 2. The molecule has 0 unspecified atom stereocenters. The maximum Gasteiger partial charge on any atom is 0.271 e. The van der Waals surface area contributed by atoms with Crippen molar-refractivity contribution in [3.05, 3.63) is 52.0 Å². The van der Waals surface area contributed by atoms with Crippen LogP contribution in [0.5, 0.6) is 0 Å². The van der Waals surface area contributed by atoms with Crippen molar-refractivity contribution in [2.24, 2.45) is 0 Å². The first-order valence-electron chi connectivity index (χ1n) is 7.95. The summed E-state index contributed by atoms with van der Waals surface area (Å²) in [6.07, 6.45) is 3.97. The quantitative estimate of drug-likeness (QED) is 0.805. The third-order valence-electron chi connectivity index (χ3n) is 3.97. The van der Waals surface area contributed by atoms with Gasteiger partial charge in [0.2, 0.25) is 11.8 Å². The standard InChI is InChI=1S/C17H18N4O3S/c22-15(19-20-17(24)12-2-1-7-18-10-12)3-4-16(23)21-8-5-14-13(11-21)6-9-25-14/h1-2,6-7,9-10H,3-5,8,11H2,(H,19,22)(H,20,24). The number of thiophene rings is 1. The Hall–Kier alpha value is -2.74. The lowest BCUT2D eigenvalue weighted by Gasteiger charge is -2.27. The number of hydrogen-bond acceptors (Lipinski definition) is 5. The van der Waals surface area contributed by atoms with E-state index in [1.807, 2.05) is 11.4 Å². The van der Waals surface area contributed by atoms with E-state index in [-0.39, 0.29) is 18.7 Å². The van der Waals surface area contributed by atoms with Crippen LogP contribution in [0.25, 0.3) is 0 Å². The fourth-order valence-corrected chi connectivity index (χ4v) is 3.49. The summed E-state index contributed by atoms with van der Waals surface area (Å²) < 4.78 is 0. The molecular weight excluding hydrogens is 340 g/mol. The van der Waals surface area contributed by atoms with Crippen molar-refractivity contribution in [2.45, 2.75) is 25.8 Å². The second-order valence-corrected chi connectivity index (χ2v) is 6.68. The number of carbonyl (C=O) groups excluding carboxylic acids is 3. The Morgan fingerprint density at radius 2 is 2.08 bits per heavy atom. The van der Waals surface area contributed by atoms with Crippen LogP contribution in [0.3, 0.4) is 0 Å². The normalized spacial score (nSPS) is 13.0. The maximum atomic E-state index is 12.2. The van der Waals surface area contributed by atoms with Crippen LogP contribution in [-0.4, -0.2) is 34.2 Å². The third kappa shape index (κ3) is 4.42. The SMILES string of the molecule is O=C(CCC(=O)N1CCc2sccc2C1)NNC(=O)c1cccnc1. The minimum absolute atomic E-state index is 0.0269. The van der Waals surface area contributed by atoms with Crippen molar-refractivity contribution < 1.29 is 14.4 Å². The van der Waals surface area contributed by atoms with Crippen LogP contribution in [0.15, 0.2) is 36.0 Å². The zero-order valence-electron chi connectivity index (χ0n) is 13.5. The molecule has 0 atom stereocenters. The molecule has 0 aliphatic carbocycles. The molecule has 3 rings (SSSR count). The van der Waals surface area contributed by atoms with Gasteiger partial charge in [0, 0.05) is 43.2 Å². The summed E-state index contributed by atoms with van der Waals surface area (Å²) in [5.74, 6) is -0.904. The molecule has 7 nitrogen and oxygen atoms in total. The van der Waals surface area contributed by atoms with Gasteiger partial charge in [0.1, 0.15) is 0 Å². The summed E-state index contributed by atoms with van der Waals surface area (Å²) in [7, 11) is 0. The summed E-state index contributed by atoms with van der Waals surface area (Å²) in [5, 5.41) is 2.04. The Morgan fingerprint density at radius 1 is 1.20 bits per heavy atom. The van der Waals surface area contributed by atoms with E-state index in [2.05, 4.69) is 15.8 Å². The van der Waals surface area contributed by atoms with Crippen LogP contribution in [0.2, 0.25) is 0 Å². The highest BCUT2D eigenvalue weighted by Crippen LogP contribution is 2.24. The zero-order valence-corrected chi connectivity index (χ0v) is 14.3. The fourth-order valence-electron chi connectivity index (χ4n) is 2.60. The van der Waals surface area contributed by atoms with Crippen molar-refractivity contribution in [1.29, 1.82) is 0 Å². The van der Waals surface area contributed by atoms with E-state index in [4.69, 9.17) is 0 Å². The molecule has 0 saturated heterocycles. The van der Waals surface area contributed by atoms with Crippen LogP contribution in [-0.2, 0) is 22.6 Å². The van der Waals surface area contributed by atoms with Crippen LogP contribution >= 0.6 is 11.3 Å². The van der Waals surface area contributed by atoms with Crippen LogP contribution in [0.1, 0.15) is 33.6 Å². The third-order valence-corrected chi connectivity index (χ3v) is 4.99. The number of carbonyl (C=O) groups is 3.